The molecule has 2 heterocycles. The van der Waals surface area contributed by atoms with Gasteiger partial charge in [0.2, 0.25) is 15.9 Å². The molecule has 1 aromatic heterocycles. The summed E-state index contributed by atoms with van der Waals surface area (Å²) in [4.78, 5) is 20.4. The van der Waals surface area contributed by atoms with Gasteiger partial charge < -0.3 is 4.90 Å². The number of benzene rings is 2. The van der Waals surface area contributed by atoms with E-state index >= 15 is 0 Å². The molecule has 3 aromatic rings. The second kappa shape index (κ2) is 9.32. The summed E-state index contributed by atoms with van der Waals surface area (Å²) >= 11 is 1.45. The molecule has 0 saturated carbocycles. The average molecular weight is 488 g/mol. The summed E-state index contributed by atoms with van der Waals surface area (Å²) in [6, 6.07) is 11.2. The van der Waals surface area contributed by atoms with E-state index in [2.05, 4.69) is 4.98 Å². The number of rotatable bonds is 5. The monoisotopic (exact) mass is 487 g/mol. The Kier molecular flexibility index (Phi) is 6.65. The van der Waals surface area contributed by atoms with E-state index in [1.807, 2.05) is 26.8 Å². The third-order valence-corrected chi connectivity index (χ3v) is 8.81. The number of sulfonamides is 1. The Balaban J connectivity index is 1.43. The molecule has 4 rings (SSSR count). The molecule has 1 amide bonds. The first-order chi connectivity index (χ1) is 15.6. The number of hydrogen-bond acceptors (Lipinski definition) is 5. The first-order valence-corrected chi connectivity index (χ1v) is 13.0. The topological polar surface area (TPSA) is 70.6 Å². The lowest BCUT2D eigenvalue weighted by Crippen LogP contribution is -2.50. The van der Waals surface area contributed by atoms with Crippen LogP contribution in [0, 0.1) is 26.6 Å². The Morgan fingerprint density at radius 2 is 1.67 bits per heavy atom. The summed E-state index contributed by atoms with van der Waals surface area (Å²) in [5, 5.41) is 0.835. The lowest BCUT2D eigenvalue weighted by atomic mass is 10.1. The molecule has 0 bridgehead atoms. The van der Waals surface area contributed by atoms with E-state index in [0.29, 0.717) is 18.8 Å². The minimum absolute atomic E-state index is 0.0646. The van der Waals surface area contributed by atoms with Gasteiger partial charge >= 0.3 is 0 Å². The van der Waals surface area contributed by atoms with Crippen LogP contribution < -0.4 is 0 Å². The van der Waals surface area contributed by atoms with Gasteiger partial charge in [-0.05, 0) is 68.3 Å². The Bertz CT molecular complexity index is 1280. The molecule has 0 radical (unpaired) electrons. The van der Waals surface area contributed by atoms with Crippen LogP contribution in [0.5, 0.6) is 0 Å². The fourth-order valence-electron chi connectivity index (χ4n) is 3.87. The number of thiazole rings is 1. The molecule has 33 heavy (non-hydrogen) atoms. The van der Waals surface area contributed by atoms with Gasteiger partial charge in [-0.25, -0.2) is 17.8 Å². The van der Waals surface area contributed by atoms with Crippen LogP contribution in [0.25, 0.3) is 11.3 Å². The van der Waals surface area contributed by atoms with E-state index < -0.39 is 10.0 Å². The summed E-state index contributed by atoms with van der Waals surface area (Å²) in [6.45, 7) is 6.91. The number of aryl methyl sites for hydroxylation is 3. The molecular weight excluding hydrogens is 461 g/mol. The lowest BCUT2D eigenvalue weighted by molar-refractivity contribution is -0.131. The highest BCUT2D eigenvalue weighted by Crippen LogP contribution is 2.29. The van der Waals surface area contributed by atoms with Crippen molar-refractivity contribution in [1.29, 1.82) is 0 Å². The Morgan fingerprint density at radius 1 is 1.00 bits per heavy atom. The van der Waals surface area contributed by atoms with Crippen molar-refractivity contribution < 1.29 is 17.6 Å². The van der Waals surface area contributed by atoms with Crippen LogP contribution in [0.4, 0.5) is 4.39 Å². The second-order valence-electron chi connectivity index (χ2n) is 8.22. The molecule has 1 aliphatic rings. The third-order valence-electron chi connectivity index (χ3n) is 5.94. The van der Waals surface area contributed by atoms with Gasteiger partial charge in [0, 0.05) is 36.6 Å². The molecule has 9 heteroatoms. The number of nitrogens with zero attached hydrogens (tertiary/aromatic N) is 3. The van der Waals surface area contributed by atoms with Gasteiger partial charge in [0.1, 0.15) is 5.82 Å². The molecule has 0 spiro atoms. The van der Waals surface area contributed by atoms with Crippen molar-refractivity contribution >= 4 is 27.3 Å². The molecule has 0 unspecified atom stereocenters. The molecule has 1 saturated heterocycles. The summed E-state index contributed by atoms with van der Waals surface area (Å²) in [7, 11) is -3.60. The van der Waals surface area contributed by atoms with Gasteiger partial charge in [0.25, 0.3) is 0 Å². The zero-order valence-corrected chi connectivity index (χ0v) is 20.5. The summed E-state index contributed by atoms with van der Waals surface area (Å²) in [5.41, 5.74) is 3.44. The largest absolute Gasteiger partial charge is 0.340 e. The van der Waals surface area contributed by atoms with Crippen LogP contribution >= 0.6 is 11.3 Å². The van der Waals surface area contributed by atoms with E-state index in [1.54, 1.807) is 29.2 Å². The number of carbonyl (C=O) groups is 1. The summed E-state index contributed by atoms with van der Waals surface area (Å²) in [6.07, 6.45) is 0.183. The van der Waals surface area contributed by atoms with Crippen LogP contribution in [0.2, 0.25) is 0 Å². The number of amides is 1. The van der Waals surface area contributed by atoms with Crippen LogP contribution in [-0.4, -0.2) is 54.7 Å². The van der Waals surface area contributed by atoms with E-state index in [0.717, 1.165) is 26.6 Å². The maximum Gasteiger partial charge on any atom is 0.243 e. The summed E-state index contributed by atoms with van der Waals surface area (Å²) in [5.74, 6) is -0.387. The highest BCUT2D eigenvalue weighted by Gasteiger charge is 2.30. The van der Waals surface area contributed by atoms with Crippen LogP contribution in [-0.2, 0) is 21.2 Å². The molecule has 0 atom stereocenters. The Hall–Kier alpha value is -2.62. The van der Waals surface area contributed by atoms with Crippen LogP contribution in [0.15, 0.2) is 47.4 Å². The van der Waals surface area contributed by atoms with Crippen molar-refractivity contribution in [2.24, 2.45) is 0 Å². The molecule has 0 aliphatic carbocycles. The van der Waals surface area contributed by atoms with Crippen LogP contribution in [0.1, 0.15) is 21.0 Å². The predicted octanol–water partition coefficient (Wildman–Crippen LogP) is 3.95. The molecule has 1 aliphatic heterocycles. The van der Waals surface area contributed by atoms with Gasteiger partial charge in [-0.1, -0.05) is 6.07 Å². The average Bonchev–Trinajstić information content (AvgIpc) is 3.16. The quantitative estimate of drug-likeness (QED) is 0.546. The van der Waals surface area contributed by atoms with Crippen LogP contribution in [0.3, 0.4) is 0 Å². The number of carbonyl (C=O) groups excluding carboxylic acids is 1. The molecule has 2 aromatic carbocycles. The van der Waals surface area contributed by atoms with Crippen molar-refractivity contribution in [3.8, 4) is 11.3 Å². The van der Waals surface area contributed by atoms with Crippen molar-refractivity contribution in [2.75, 3.05) is 26.2 Å². The molecule has 0 N–H and O–H groups in total. The highest BCUT2D eigenvalue weighted by molar-refractivity contribution is 7.89. The molecular formula is C24H26FN3O3S2. The van der Waals surface area contributed by atoms with E-state index in [4.69, 9.17) is 0 Å². The maximum absolute atomic E-state index is 13.3. The van der Waals surface area contributed by atoms with Gasteiger partial charge in [-0.3, -0.25) is 4.79 Å². The minimum Gasteiger partial charge on any atom is -0.340 e. The third kappa shape index (κ3) is 5.00. The minimum atomic E-state index is -3.60. The van der Waals surface area contributed by atoms with Crippen molar-refractivity contribution in [2.45, 2.75) is 32.1 Å². The van der Waals surface area contributed by atoms with Gasteiger partial charge in [0.15, 0.2) is 0 Å². The normalized spacial score (nSPS) is 15.1. The van der Waals surface area contributed by atoms with Gasteiger partial charge in [0.05, 0.1) is 22.0 Å². The number of aromatic nitrogens is 1. The van der Waals surface area contributed by atoms with E-state index in [9.17, 15) is 17.6 Å². The standard InChI is InChI=1S/C24H26FN3O3S2/c1-16-4-9-21(14-17(16)2)33(30,31)28-12-10-27(11-13-28)23(29)15-22-24(26-18(3)32-22)19-5-7-20(25)8-6-19/h4-9,14H,10-13,15H2,1-3H3. The number of halogens is 1. The SMILES string of the molecule is Cc1nc(-c2ccc(F)cc2)c(CC(=O)N2CCN(S(=O)(=O)c3ccc(C)c(C)c3)CC2)s1. The van der Waals surface area contributed by atoms with Gasteiger partial charge in [-0.15, -0.1) is 11.3 Å². The zero-order valence-electron chi connectivity index (χ0n) is 18.8. The first kappa shape index (κ1) is 23.5. The van der Waals surface area contributed by atoms with Crippen molar-refractivity contribution in [3.63, 3.8) is 0 Å². The fourth-order valence-corrected chi connectivity index (χ4v) is 6.33. The van der Waals surface area contributed by atoms with Crippen molar-refractivity contribution in [3.05, 3.63) is 69.3 Å². The van der Waals surface area contributed by atoms with Gasteiger partial charge in [-0.2, -0.15) is 4.31 Å². The maximum atomic E-state index is 13.3. The number of piperazine rings is 1. The summed E-state index contributed by atoms with van der Waals surface area (Å²) < 4.78 is 40.8. The number of hydrogen-bond donors (Lipinski definition) is 0. The zero-order chi connectivity index (χ0) is 23.8. The fraction of sp³-hybridized carbons (Fsp3) is 0.333. The van der Waals surface area contributed by atoms with E-state index in [1.165, 1.54) is 27.8 Å². The van der Waals surface area contributed by atoms with E-state index in [-0.39, 0.29) is 36.1 Å². The molecule has 174 valence electrons. The predicted molar refractivity (Wildman–Crippen MR) is 127 cm³/mol. The second-order valence-corrected chi connectivity index (χ2v) is 11.4. The Morgan fingerprint density at radius 3 is 2.30 bits per heavy atom. The highest BCUT2D eigenvalue weighted by atomic mass is 32.2. The lowest BCUT2D eigenvalue weighted by Gasteiger charge is -2.34. The smallest absolute Gasteiger partial charge is 0.243 e. The molecule has 6 nitrogen and oxygen atoms in total. The van der Waals surface area contributed by atoms with Crippen molar-refractivity contribution in [1.82, 2.24) is 14.2 Å². The molecule has 1 fully saturated rings. The Labute approximate surface area is 197 Å². The first-order valence-electron chi connectivity index (χ1n) is 10.7.